The minimum atomic E-state index is -3.71. The first-order chi connectivity index (χ1) is 13.6. The van der Waals surface area contributed by atoms with Gasteiger partial charge >= 0.3 is 0 Å². The summed E-state index contributed by atoms with van der Waals surface area (Å²) >= 11 is 6.02. The maximum Gasteiger partial charge on any atom is 0.244 e. The summed E-state index contributed by atoms with van der Waals surface area (Å²) in [7, 11) is 0.945. The van der Waals surface area contributed by atoms with E-state index >= 15 is 0 Å². The lowest BCUT2D eigenvalue weighted by Gasteiger charge is -2.18. The minimum absolute atomic E-state index is 0.0537. The molecule has 29 heavy (non-hydrogen) atoms. The molecule has 2 aromatic rings. The number of hydrogen-bond acceptors (Lipinski definition) is 5. The summed E-state index contributed by atoms with van der Waals surface area (Å²) < 4.78 is 31.5. The Hall–Kier alpha value is -2.13. The molecule has 7 nitrogen and oxygen atoms in total. The van der Waals surface area contributed by atoms with E-state index in [2.05, 4.69) is 5.32 Å². The van der Waals surface area contributed by atoms with Crippen LogP contribution in [0.25, 0.3) is 0 Å². The van der Waals surface area contributed by atoms with Gasteiger partial charge < -0.3 is 10.1 Å². The average Bonchev–Trinajstić information content (AvgIpc) is 2.64. The second kappa shape index (κ2) is 10.1. The number of carbonyl (C=O) groups excluding carboxylic acids is 1. The number of carbonyl (C=O) groups is 1. The average molecular weight is 440 g/mol. The van der Waals surface area contributed by atoms with Crippen LogP contribution >= 0.6 is 11.6 Å². The van der Waals surface area contributed by atoms with Crippen LogP contribution < -0.4 is 10.1 Å². The maximum absolute atomic E-state index is 12.3. The molecule has 0 radical (unpaired) electrons. The van der Waals surface area contributed by atoms with Crippen molar-refractivity contribution in [2.75, 3.05) is 46.2 Å². The number of amides is 1. The number of para-hydroxylation sites is 1. The molecule has 1 N–H and O–H groups in total. The Bertz CT molecular complexity index is 964. The molecule has 0 aliphatic carbocycles. The fraction of sp³-hybridized carbons (Fsp3) is 0.350. The van der Waals surface area contributed by atoms with Crippen LogP contribution in [-0.4, -0.2) is 64.4 Å². The monoisotopic (exact) mass is 439 g/mol. The molecule has 0 bridgehead atoms. The first-order valence-corrected chi connectivity index (χ1v) is 10.8. The number of ether oxygens (including phenoxy) is 1. The van der Waals surface area contributed by atoms with E-state index in [-0.39, 0.29) is 22.4 Å². The van der Waals surface area contributed by atoms with Gasteiger partial charge in [-0.05, 0) is 43.8 Å². The van der Waals surface area contributed by atoms with Gasteiger partial charge in [0, 0.05) is 26.3 Å². The number of benzene rings is 2. The number of sulfonamides is 1. The van der Waals surface area contributed by atoms with E-state index in [1.165, 1.54) is 26.2 Å². The maximum atomic E-state index is 12.3. The largest absolute Gasteiger partial charge is 0.492 e. The highest BCUT2D eigenvalue weighted by Gasteiger charge is 2.21. The molecule has 0 aliphatic rings. The zero-order valence-electron chi connectivity index (χ0n) is 17.0. The summed E-state index contributed by atoms with van der Waals surface area (Å²) in [6.07, 6.45) is 0. The van der Waals surface area contributed by atoms with E-state index in [9.17, 15) is 13.2 Å². The number of likely N-dealkylation sites (N-methyl/N-ethyl adjacent to an activating group) is 1. The second-order valence-corrected chi connectivity index (χ2v) is 9.36. The normalized spacial score (nSPS) is 11.7. The SMILES string of the molecule is Cc1ccccc1OCCN(C)CC(=O)Nc1ccc(Cl)c(S(=O)(=O)N(C)C)c1. The lowest BCUT2D eigenvalue weighted by molar-refractivity contribution is -0.117. The molecule has 2 aromatic carbocycles. The Kier molecular flexibility index (Phi) is 8.04. The zero-order chi connectivity index (χ0) is 21.6. The van der Waals surface area contributed by atoms with E-state index in [1.54, 1.807) is 6.07 Å². The lowest BCUT2D eigenvalue weighted by atomic mass is 10.2. The highest BCUT2D eigenvalue weighted by atomic mass is 35.5. The van der Waals surface area contributed by atoms with Crippen LogP contribution in [0.2, 0.25) is 5.02 Å². The fourth-order valence-corrected chi connectivity index (χ4v) is 3.92. The van der Waals surface area contributed by atoms with Gasteiger partial charge in [-0.1, -0.05) is 29.8 Å². The molecule has 0 fully saturated rings. The van der Waals surface area contributed by atoms with Crippen molar-refractivity contribution in [1.82, 2.24) is 9.21 Å². The Morgan fingerprint density at radius 2 is 1.83 bits per heavy atom. The van der Waals surface area contributed by atoms with Crippen molar-refractivity contribution < 1.29 is 17.9 Å². The van der Waals surface area contributed by atoms with E-state index in [0.29, 0.717) is 18.8 Å². The van der Waals surface area contributed by atoms with Crippen molar-refractivity contribution >= 4 is 33.2 Å². The zero-order valence-corrected chi connectivity index (χ0v) is 18.5. The first kappa shape index (κ1) is 23.2. The van der Waals surface area contributed by atoms with Crippen LogP contribution in [0, 0.1) is 6.92 Å². The molecule has 0 unspecified atom stereocenters. The van der Waals surface area contributed by atoms with Crippen LogP contribution in [0.1, 0.15) is 5.56 Å². The van der Waals surface area contributed by atoms with Crippen LogP contribution in [0.5, 0.6) is 5.75 Å². The van der Waals surface area contributed by atoms with E-state index in [4.69, 9.17) is 16.3 Å². The van der Waals surface area contributed by atoms with Gasteiger partial charge in [0.2, 0.25) is 15.9 Å². The molecular formula is C20H26ClN3O4S. The number of nitrogens with one attached hydrogen (secondary N) is 1. The molecule has 0 saturated heterocycles. The fourth-order valence-electron chi connectivity index (χ4n) is 2.53. The molecule has 0 heterocycles. The molecule has 0 atom stereocenters. The van der Waals surface area contributed by atoms with Gasteiger partial charge in [0.15, 0.2) is 0 Å². The van der Waals surface area contributed by atoms with Gasteiger partial charge in [0.25, 0.3) is 0 Å². The summed E-state index contributed by atoms with van der Waals surface area (Å²) in [4.78, 5) is 14.1. The van der Waals surface area contributed by atoms with Crippen molar-refractivity contribution in [3.63, 3.8) is 0 Å². The van der Waals surface area contributed by atoms with Crippen molar-refractivity contribution in [3.8, 4) is 5.75 Å². The Morgan fingerprint density at radius 1 is 1.14 bits per heavy atom. The first-order valence-electron chi connectivity index (χ1n) is 9.00. The molecular weight excluding hydrogens is 414 g/mol. The van der Waals surface area contributed by atoms with Crippen molar-refractivity contribution in [2.24, 2.45) is 0 Å². The second-order valence-electron chi connectivity index (χ2n) is 6.83. The van der Waals surface area contributed by atoms with Gasteiger partial charge in [0.1, 0.15) is 17.3 Å². The number of anilines is 1. The Balaban J connectivity index is 1.91. The molecule has 1 amide bonds. The summed E-state index contributed by atoms with van der Waals surface area (Å²) in [6.45, 7) is 3.11. The standard InChI is InChI=1S/C20H26ClN3O4S/c1-15-7-5-6-8-18(15)28-12-11-24(4)14-20(25)22-16-9-10-17(21)19(13-16)29(26,27)23(2)3/h5-10,13H,11-12,14H2,1-4H3,(H,22,25). The minimum Gasteiger partial charge on any atom is -0.492 e. The van der Waals surface area contributed by atoms with Crippen LogP contribution in [-0.2, 0) is 14.8 Å². The lowest BCUT2D eigenvalue weighted by Crippen LogP contribution is -2.33. The third-order valence-electron chi connectivity index (χ3n) is 4.21. The molecule has 0 aliphatic heterocycles. The number of halogens is 1. The molecule has 0 spiro atoms. The molecule has 0 saturated carbocycles. The quantitative estimate of drug-likeness (QED) is 0.650. The Labute approximate surface area is 177 Å². The third-order valence-corrected chi connectivity index (χ3v) is 6.51. The van der Waals surface area contributed by atoms with Crippen LogP contribution in [0.4, 0.5) is 5.69 Å². The number of rotatable bonds is 9. The molecule has 2 rings (SSSR count). The van der Waals surface area contributed by atoms with Gasteiger partial charge in [-0.2, -0.15) is 0 Å². The van der Waals surface area contributed by atoms with Gasteiger partial charge in [-0.3, -0.25) is 9.69 Å². The van der Waals surface area contributed by atoms with Crippen molar-refractivity contribution in [3.05, 3.63) is 53.1 Å². The van der Waals surface area contributed by atoms with Gasteiger partial charge in [0.05, 0.1) is 11.6 Å². The predicted molar refractivity (Wildman–Crippen MR) is 115 cm³/mol. The third kappa shape index (κ3) is 6.43. The molecule has 0 aromatic heterocycles. The summed E-state index contributed by atoms with van der Waals surface area (Å²) in [6, 6.07) is 12.1. The van der Waals surface area contributed by atoms with Gasteiger partial charge in [-0.25, -0.2) is 12.7 Å². The van der Waals surface area contributed by atoms with Gasteiger partial charge in [-0.15, -0.1) is 0 Å². The smallest absolute Gasteiger partial charge is 0.244 e. The van der Waals surface area contributed by atoms with E-state index in [0.717, 1.165) is 15.6 Å². The number of hydrogen-bond donors (Lipinski definition) is 1. The Morgan fingerprint density at radius 3 is 2.48 bits per heavy atom. The van der Waals surface area contributed by atoms with Crippen LogP contribution in [0.15, 0.2) is 47.4 Å². The van der Waals surface area contributed by atoms with Crippen LogP contribution in [0.3, 0.4) is 0 Å². The highest BCUT2D eigenvalue weighted by molar-refractivity contribution is 7.89. The van der Waals surface area contributed by atoms with Crippen molar-refractivity contribution in [2.45, 2.75) is 11.8 Å². The number of nitrogens with zero attached hydrogens (tertiary/aromatic N) is 2. The summed E-state index contributed by atoms with van der Waals surface area (Å²) in [5.74, 6) is 0.556. The molecule has 158 valence electrons. The topological polar surface area (TPSA) is 79.0 Å². The summed E-state index contributed by atoms with van der Waals surface area (Å²) in [5, 5.41) is 2.80. The molecule has 9 heteroatoms. The predicted octanol–water partition coefficient (Wildman–Crippen LogP) is 2.85. The summed E-state index contributed by atoms with van der Waals surface area (Å²) in [5.41, 5.74) is 1.42. The number of aryl methyl sites for hydroxylation is 1. The van der Waals surface area contributed by atoms with Crippen molar-refractivity contribution in [1.29, 1.82) is 0 Å². The van der Waals surface area contributed by atoms with E-state index in [1.807, 2.05) is 43.1 Å². The van der Waals surface area contributed by atoms with E-state index < -0.39 is 10.0 Å². The highest BCUT2D eigenvalue weighted by Crippen LogP contribution is 2.26.